The van der Waals surface area contributed by atoms with Crippen molar-refractivity contribution in [2.45, 2.75) is 82.2 Å². The number of aliphatic hydroxyl groups excluding tert-OH is 1. The standard InChI is InChI=1S/C21H31BrO3/c1-12(23)21(25)18(22)11-17-15-5-4-13-10-14(24)6-8-19(13,2)16(15)7-9-20(17,21)3/h4,14-18,24-25H,5-11H2,1-3H3/t14?,15?,16?,17?,18-,19?,20?,21-/m1/s1. The molecule has 4 aliphatic rings. The summed E-state index contributed by atoms with van der Waals surface area (Å²) >= 11 is 3.67. The summed E-state index contributed by atoms with van der Waals surface area (Å²) in [7, 11) is 0. The number of carbonyl (C=O) groups excluding carboxylic acids is 1. The molecule has 3 saturated carbocycles. The molecule has 3 fully saturated rings. The SMILES string of the molecule is CC(=O)[C@@]1(O)[C@H](Br)CC2C3CC=C4CC(O)CCC4(C)C3CCC21C. The van der Waals surface area contributed by atoms with E-state index in [4.69, 9.17) is 0 Å². The van der Waals surface area contributed by atoms with E-state index >= 15 is 0 Å². The van der Waals surface area contributed by atoms with Gasteiger partial charge < -0.3 is 10.2 Å². The number of hydrogen-bond acceptors (Lipinski definition) is 3. The molecule has 0 aromatic rings. The molecule has 0 amide bonds. The van der Waals surface area contributed by atoms with Crippen LogP contribution in [0.3, 0.4) is 0 Å². The minimum atomic E-state index is -1.24. The van der Waals surface area contributed by atoms with Gasteiger partial charge in [0.15, 0.2) is 5.78 Å². The quantitative estimate of drug-likeness (QED) is 0.507. The third-order valence-electron chi connectivity index (χ3n) is 8.79. The first-order chi connectivity index (χ1) is 11.6. The van der Waals surface area contributed by atoms with Crippen molar-refractivity contribution in [3.63, 3.8) is 0 Å². The molecule has 0 radical (unpaired) electrons. The van der Waals surface area contributed by atoms with Crippen molar-refractivity contribution >= 4 is 21.7 Å². The first kappa shape index (κ1) is 18.2. The third kappa shape index (κ3) is 2.20. The van der Waals surface area contributed by atoms with E-state index in [9.17, 15) is 15.0 Å². The van der Waals surface area contributed by atoms with E-state index in [2.05, 4.69) is 35.9 Å². The van der Waals surface area contributed by atoms with Crippen LogP contribution in [0.4, 0.5) is 0 Å². The summed E-state index contributed by atoms with van der Waals surface area (Å²) in [5.41, 5.74) is 0.0917. The van der Waals surface area contributed by atoms with E-state index in [0.717, 1.165) is 44.9 Å². The average Bonchev–Trinajstić information content (AvgIpc) is 2.77. The molecule has 0 aliphatic heterocycles. The predicted molar refractivity (Wildman–Crippen MR) is 101 cm³/mol. The highest BCUT2D eigenvalue weighted by atomic mass is 79.9. The van der Waals surface area contributed by atoms with Gasteiger partial charge in [0, 0.05) is 5.41 Å². The molecule has 25 heavy (non-hydrogen) atoms. The van der Waals surface area contributed by atoms with E-state index in [1.165, 1.54) is 5.57 Å². The Morgan fingerprint density at radius 1 is 1.24 bits per heavy atom. The summed E-state index contributed by atoms with van der Waals surface area (Å²) in [6.45, 7) is 6.11. The molecule has 4 heteroatoms. The molecular formula is C21H31BrO3. The number of fused-ring (bicyclic) bond motifs is 5. The van der Waals surface area contributed by atoms with Crippen LogP contribution in [0.2, 0.25) is 0 Å². The van der Waals surface area contributed by atoms with Gasteiger partial charge in [0.1, 0.15) is 5.60 Å². The minimum Gasteiger partial charge on any atom is -0.393 e. The fourth-order valence-electron chi connectivity index (χ4n) is 7.24. The number of allylic oxidation sites excluding steroid dienone is 1. The molecule has 0 bridgehead atoms. The Morgan fingerprint density at radius 2 is 1.96 bits per heavy atom. The number of Topliss-reactive ketones (excluding diaryl/α,β-unsaturated/α-hetero) is 1. The first-order valence-electron chi connectivity index (χ1n) is 9.89. The average molecular weight is 411 g/mol. The zero-order chi connectivity index (χ0) is 18.2. The van der Waals surface area contributed by atoms with Crippen LogP contribution in [-0.2, 0) is 4.79 Å². The maximum Gasteiger partial charge on any atom is 0.163 e. The minimum absolute atomic E-state index is 0.0862. The van der Waals surface area contributed by atoms with Gasteiger partial charge in [-0.05, 0) is 75.0 Å². The molecule has 2 N–H and O–H groups in total. The zero-order valence-corrected chi connectivity index (χ0v) is 17.2. The van der Waals surface area contributed by atoms with Gasteiger partial charge in [-0.25, -0.2) is 0 Å². The highest BCUT2D eigenvalue weighted by Crippen LogP contribution is 2.68. The van der Waals surface area contributed by atoms with Crippen molar-refractivity contribution in [1.82, 2.24) is 0 Å². The Morgan fingerprint density at radius 3 is 2.64 bits per heavy atom. The topological polar surface area (TPSA) is 57.5 Å². The lowest BCUT2D eigenvalue weighted by Gasteiger charge is -2.58. The Kier molecular flexibility index (Phi) is 4.11. The molecule has 8 atom stereocenters. The van der Waals surface area contributed by atoms with Crippen molar-refractivity contribution < 1.29 is 15.0 Å². The number of halogens is 1. The summed E-state index contributed by atoms with van der Waals surface area (Å²) in [5.74, 6) is 1.45. The highest BCUT2D eigenvalue weighted by molar-refractivity contribution is 9.09. The van der Waals surface area contributed by atoms with E-state index < -0.39 is 5.60 Å². The lowest BCUT2D eigenvalue weighted by Crippen LogP contribution is -2.58. The lowest BCUT2D eigenvalue weighted by molar-refractivity contribution is -0.158. The van der Waals surface area contributed by atoms with Crippen LogP contribution in [0.1, 0.15) is 65.7 Å². The largest absolute Gasteiger partial charge is 0.393 e. The van der Waals surface area contributed by atoms with Crippen molar-refractivity contribution in [3.05, 3.63) is 11.6 Å². The molecule has 4 aliphatic carbocycles. The number of alkyl halides is 1. The Hall–Kier alpha value is -0.190. The van der Waals surface area contributed by atoms with Crippen molar-refractivity contribution in [2.24, 2.45) is 28.6 Å². The number of hydrogen-bond donors (Lipinski definition) is 2. The fraction of sp³-hybridized carbons (Fsp3) is 0.857. The Bertz CT molecular complexity index is 631. The predicted octanol–water partition coefficient (Wildman–Crippen LogP) is 4.00. The number of carbonyl (C=O) groups is 1. The van der Waals surface area contributed by atoms with Crippen LogP contribution in [0.15, 0.2) is 11.6 Å². The van der Waals surface area contributed by atoms with Crippen LogP contribution in [0, 0.1) is 28.6 Å². The monoisotopic (exact) mass is 410 g/mol. The van der Waals surface area contributed by atoms with Crippen molar-refractivity contribution in [3.8, 4) is 0 Å². The maximum absolute atomic E-state index is 12.4. The van der Waals surface area contributed by atoms with Crippen molar-refractivity contribution in [2.75, 3.05) is 0 Å². The summed E-state index contributed by atoms with van der Waals surface area (Å²) in [5, 5.41) is 21.5. The van der Waals surface area contributed by atoms with Gasteiger partial charge in [-0.1, -0.05) is 41.4 Å². The second-order valence-corrected chi connectivity index (χ2v) is 10.7. The molecule has 0 spiro atoms. The van der Waals surface area contributed by atoms with Crippen LogP contribution < -0.4 is 0 Å². The van der Waals surface area contributed by atoms with Crippen LogP contribution in [-0.4, -0.2) is 32.5 Å². The molecule has 140 valence electrons. The zero-order valence-electron chi connectivity index (χ0n) is 15.6. The first-order valence-corrected chi connectivity index (χ1v) is 10.8. The van der Waals surface area contributed by atoms with E-state index in [-0.39, 0.29) is 27.5 Å². The summed E-state index contributed by atoms with van der Waals surface area (Å²) < 4.78 is 0. The smallest absolute Gasteiger partial charge is 0.163 e. The fourth-order valence-corrected chi connectivity index (χ4v) is 8.49. The second-order valence-electron chi connectivity index (χ2n) is 9.64. The molecule has 0 saturated heterocycles. The number of aliphatic hydroxyl groups is 2. The Balaban J connectivity index is 1.72. The molecule has 0 heterocycles. The summed E-state index contributed by atoms with van der Waals surface area (Å²) in [6.07, 6.45) is 8.94. The van der Waals surface area contributed by atoms with Crippen LogP contribution >= 0.6 is 15.9 Å². The van der Waals surface area contributed by atoms with Crippen LogP contribution in [0.25, 0.3) is 0 Å². The van der Waals surface area contributed by atoms with Gasteiger partial charge in [-0.15, -0.1) is 0 Å². The second kappa shape index (κ2) is 5.65. The van der Waals surface area contributed by atoms with Gasteiger partial charge in [0.05, 0.1) is 10.9 Å². The van der Waals surface area contributed by atoms with E-state index in [1.807, 2.05) is 0 Å². The molecular weight excluding hydrogens is 380 g/mol. The molecule has 3 nitrogen and oxygen atoms in total. The molecule has 6 unspecified atom stereocenters. The summed E-state index contributed by atoms with van der Waals surface area (Å²) in [6, 6.07) is 0. The third-order valence-corrected chi connectivity index (χ3v) is 9.83. The summed E-state index contributed by atoms with van der Waals surface area (Å²) in [4.78, 5) is 12.3. The van der Waals surface area contributed by atoms with E-state index in [1.54, 1.807) is 6.92 Å². The number of ketones is 1. The van der Waals surface area contributed by atoms with Gasteiger partial charge in [0.2, 0.25) is 0 Å². The lowest BCUT2D eigenvalue weighted by atomic mass is 9.47. The normalized spacial score (nSPS) is 55.0. The highest BCUT2D eigenvalue weighted by Gasteiger charge is 2.68. The Labute approximate surface area is 159 Å². The van der Waals surface area contributed by atoms with Crippen LogP contribution in [0.5, 0.6) is 0 Å². The van der Waals surface area contributed by atoms with E-state index in [0.29, 0.717) is 17.8 Å². The molecule has 0 aromatic carbocycles. The van der Waals surface area contributed by atoms with Gasteiger partial charge in [0.25, 0.3) is 0 Å². The number of rotatable bonds is 1. The maximum atomic E-state index is 12.4. The molecule has 0 aromatic heterocycles. The van der Waals surface area contributed by atoms with Gasteiger partial charge >= 0.3 is 0 Å². The van der Waals surface area contributed by atoms with Gasteiger partial charge in [-0.3, -0.25) is 4.79 Å². The van der Waals surface area contributed by atoms with Gasteiger partial charge in [-0.2, -0.15) is 0 Å². The van der Waals surface area contributed by atoms with Crippen molar-refractivity contribution in [1.29, 1.82) is 0 Å². The molecule has 4 rings (SSSR count).